The zero-order valence-corrected chi connectivity index (χ0v) is 15.3. The Morgan fingerprint density at radius 3 is 2.42 bits per heavy atom. The summed E-state index contributed by atoms with van der Waals surface area (Å²) in [5.74, 6) is -0.134. The van der Waals surface area contributed by atoms with Gasteiger partial charge in [-0.25, -0.2) is 14.4 Å². The van der Waals surface area contributed by atoms with E-state index in [-0.39, 0.29) is 11.7 Å². The fourth-order valence-corrected chi connectivity index (χ4v) is 2.95. The number of carbonyl (C=O) groups excluding carboxylic acids is 1. The maximum absolute atomic E-state index is 13.7. The van der Waals surface area contributed by atoms with E-state index in [0.717, 1.165) is 25.9 Å². The average Bonchev–Trinajstić information content (AvgIpc) is 3.14. The first-order valence-electron chi connectivity index (χ1n) is 8.78. The number of rotatable bonds is 5. The Labute approximate surface area is 152 Å². The van der Waals surface area contributed by atoms with Gasteiger partial charge in [-0.3, -0.25) is 4.79 Å². The number of aryl methyl sites for hydroxylation is 2. The maximum atomic E-state index is 13.7. The van der Waals surface area contributed by atoms with E-state index in [2.05, 4.69) is 20.2 Å². The monoisotopic (exact) mass is 358 g/mol. The van der Waals surface area contributed by atoms with Gasteiger partial charge < -0.3 is 15.0 Å². The molecule has 1 fully saturated rings. The molecule has 1 amide bonds. The fraction of sp³-hybridized carbons (Fsp3) is 0.421. The van der Waals surface area contributed by atoms with Crippen LogP contribution in [0, 0.1) is 19.7 Å². The molecular weight excluding hydrogens is 335 g/mol. The predicted octanol–water partition coefficient (Wildman–Crippen LogP) is 3.24. The van der Waals surface area contributed by atoms with Crippen molar-refractivity contribution in [1.82, 2.24) is 9.97 Å². The minimum Gasteiger partial charge on any atom is -0.478 e. The molecule has 1 unspecified atom stereocenters. The second-order valence-electron chi connectivity index (χ2n) is 6.44. The number of aromatic nitrogens is 2. The van der Waals surface area contributed by atoms with Crippen LogP contribution in [0.1, 0.15) is 31.2 Å². The third-order valence-electron chi connectivity index (χ3n) is 4.41. The molecule has 1 saturated heterocycles. The Morgan fingerprint density at radius 1 is 1.19 bits per heavy atom. The van der Waals surface area contributed by atoms with E-state index in [9.17, 15) is 9.18 Å². The van der Waals surface area contributed by atoms with E-state index >= 15 is 0 Å². The van der Waals surface area contributed by atoms with Gasteiger partial charge in [0.15, 0.2) is 17.7 Å². The number of benzene rings is 1. The molecule has 0 saturated carbocycles. The summed E-state index contributed by atoms with van der Waals surface area (Å²) in [6, 6.07) is 6.00. The molecular formula is C19H23FN4O2. The molecule has 0 aliphatic carbocycles. The van der Waals surface area contributed by atoms with Crippen LogP contribution in [0.3, 0.4) is 0 Å². The van der Waals surface area contributed by atoms with Gasteiger partial charge in [0.2, 0.25) is 5.95 Å². The standard InChI is InChI=1S/C19H23FN4O2/c1-12-17(13(2)22-19(21-12)24-10-6-7-11-24)23-18(25)14(3)26-16-9-5-4-8-15(16)20/h4-5,8-9,14H,6-7,10-11H2,1-3H3,(H,23,25). The molecule has 1 aliphatic rings. The van der Waals surface area contributed by atoms with E-state index in [0.29, 0.717) is 23.0 Å². The number of carbonyl (C=O) groups is 1. The summed E-state index contributed by atoms with van der Waals surface area (Å²) in [5, 5.41) is 2.81. The lowest BCUT2D eigenvalue weighted by Gasteiger charge is -2.20. The number of halogens is 1. The molecule has 1 N–H and O–H groups in total. The Hall–Kier alpha value is -2.70. The topological polar surface area (TPSA) is 67.4 Å². The van der Waals surface area contributed by atoms with Gasteiger partial charge in [0.1, 0.15) is 0 Å². The third kappa shape index (κ3) is 3.92. The lowest BCUT2D eigenvalue weighted by Crippen LogP contribution is -2.31. The molecule has 0 radical (unpaired) electrons. The number of anilines is 2. The molecule has 2 aromatic rings. The molecule has 6 nitrogen and oxygen atoms in total. The number of hydrogen-bond donors (Lipinski definition) is 1. The molecule has 26 heavy (non-hydrogen) atoms. The first-order chi connectivity index (χ1) is 12.5. The number of nitrogens with zero attached hydrogens (tertiary/aromatic N) is 3. The highest BCUT2D eigenvalue weighted by Crippen LogP contribution is 2.23. The Balaban J connectivity index is 1.71. The predicted molar refractivity (Wildman–Crippen MR) is 98.1 cm³/mol. The van der Waals surface area contributed by atoms with Gasteiger partial charge in [-0.15, -0.1) is 0 Å². The SMILES string of the molecule is Cc1nc(N2CCCC2)nc(C)c1NC(=O)C(C)Oc1ccccc1F. The molecule has 7 heteroatoms. The molecule has 0 spiro atoms. The molecule has 138 valence electrons. The minimum absolute atomic E-state index is 0.0456. The first kappa shape index (κ1) is 18.1. The van der Waals surface area contributed by atoms with Crippen molar-refractivity contribution in [2.75, 3.05) is 23.3 Å². The zero-order chi connectivity index (χ0) is 18.7. The fourth-order valence-electron chi connectivity index (χ4n) is 2.95. The van der Waals surface area contributed by atoms with Crippen molar-refractivity contribution in [2.24, 2.45) is 0 Å². The van der Waals surface area contributed by atoms with Crippen LogP contribution in [0.15, 0.2) is 24.3 Å². The molecule has 0 bridgehead atoms. The van der Waals surface area contributed by atoms with Crippen LogP contribution in [0.5, 0.6) is 5.75 Å². The van der Waals surface area contributed by atoms with Crippen LogP contribution in [-0.2, 0) is 4.79 Å². The van der Waals surface area contributed by atoms with Crippen molar-refractivity contribution >= 4 is 17.5 Å². The molecule has 1 aromatic carbocycles. The second kappa shape index (κ2) is 7.68. The van der Waals surface area contributed by atoms with Crippen LogP contribution >= 0.6 is 0 Å². The van der Waals surface area contributed by atoms with Crippen molar-refractivity contribution in [3.05, 3.63) is 41.5 Å². The lowest BCUT2D eigenvalue weighted by molar-refractivity contribution is -0.122. The smallest absolute Gasteiger partial charge is 0.265 e. The van der Waals surface area contributed by atoms with Crippen molar-refractivity contribution in [2.45, 2.75) is 39.7 Å². The van der Waals surface area contributed by atoms with Crippen LogP contribution in [0.25, 0.3) is 0 Å². The van der Waals surface area contributed by atoms with Gasteiger partial charge in [0.05, 0.1) is 17.1 Å². The van der Waals surface area contributed by atoms with E-state index < -0.39 is 11.9 Å². The van der Waals surface area contributed by atoms with E-state index in [1.807, 2.05) is 13.8 Å². The number of nitrogens with one attached hydrogen (secondary N) is 1. The van der Waals surface area contributed by atoms with Gasteiger partial charge in [-0.1, -0.05) is 12.1 Å². The normalized spacial score (nSPS) is 15.0. The molecule has 2 heterocycles. The van der Waals surface area contributed by atoms with Crippen molar-refractivity contribution in [3.63, 3.8) is 0 Å². The van der Waals surface area contributed by atoms with Gasteiger partial charge in [0, 0.05) is 13.1 Å². The Kier molecular flexibility index (Phi) is 5.35. The second-order valence-corrected chi connectivity index (χ2v) is 6.44. The third-order valence-corrected chi connectivity index (χ3v) is 4.41. The van der Waals surface area contributed by atoms with Crippen molar-refractivity contribution < 1.29 is 13.9 Å². The van der Waals surface area contributed by atoms with Crippen molar-refractivity contribution in [3.8, 4) is 5.75 Å². The van der Waals surface area contributed by atoms with Gasteiger partial charge in [0.25, 0.3) is 5.91 Å². The summed E-state index contributed by atoms with van der Waals surface area (Å²) in [6.45, 7) is 7.17. The quantitative estimate of drug-likeness (QED) is 0.889. The number of ether oxygens (including phenoxy) is 1. The molecule has 1 aliphatic heterocycles. The maximum Gasteiger partial charge on any atom is 0.265 e. The summed E-state index contributed by atoms with van der Waals surface area (Å²) in [5.41, 5.74) is 1.97. The number of amides is 1. The average molecular weight is 358 g/mol. The van der Waals surface area contributed by atoms with Crippen LogP contribution < -0.4 is 15.0 Å². The summed E-state index contributed by atoms with van der Waals surface area (Å²) in [4.78, 5) is 23.6. The summed E-state index contributed by atoms with van der Waals surface area (Å²) >= 11 is 0. The van der Waals surface area contributed by atoms with Gasteiger partial charge in [-0.2, -0.15) is 0 Å². The minimum atomic E-state index is -0.857. The highest BCUT2D eigenvalue weighted by molar-refractivity contribution is 5.95. The zero-order valence-electron chi connectivity index (χ0n) is 15.3. The molecule has 3 rings (SSSR count). The summed E-state index contributed by atoms with van der Waals surface area (Å²) in [6.07, 6.45) is 1.43. The van der Waals surface area contributed by atoms with Gasteiger partial charge in [-0.05, 0) is 45.7 Å². The van der Waals surface area contributed by atoms with Crippen LogP contribution in [0.2, 0.25) is 0 Å². The highest BCUT2D eigenvalue weighted by atomic mass is 19.1. The van der Waals surface area contributed by atoms with E-state index in [1.54, 1.807) is 19.1 Å². The largest absolute Gasteiger partial charge is 0.478 e. The number of para-hydroxylation sites is 1. The van der Waals surface area contributed by atoms with Crippen molar-refractivity contribution in [1.29, 1.82) is 0 Å². The molecule has 1 atom stereocenters. The lowest BCUT2D eigenvalue weighted by atomic mass is 10.2. The Bertz CT molecular complexity index is 783. The highest BCUT2D eigenvalue weighted by Gasteiger charge is 2.21. The molecule has 1 aromatic heterocycles. The van der Waals surface area contributed by atoms with E-state index in [4.69, 9.17) is 4.74 Å². The van der Waals surface area contributed by atoms with Gasteiger partial charge >= 0.3 is 0 Å². The van der Waals surface area contributed by atoms with E-state index in [1.165, 1.54) is 12.1 Å². The summed E-state index contributed by atoms with van der Waals surface area (Å²) < 4.78 is 19.1. The Morgan fingerprint density at radius 2 is 1.81 bits per heavy atom. The van der Waals surface area contributed by atoms with Crippen LogP contribution in [0.4, 0.5) is 16.0 Å². The first-order valence-corrected chi connectivity index (χ1v) is 8.78. The van der Waals surface area contributed by atoms with Crippen LogP contribution in [-0.4, -0.2) is 35.1 Å². The summed E-state index contributed by atoms with van der Waals surface area (Å²) in [7, 11) is 0. The number of hydrogen-bond acceptors (Lipinski definition) is 5.